The number of aliphatic hydroxyl groups excluding tert-OH is 1. The van der Waals surface area contributed by atoms with Crippen molar-refractivity contribution in [3.63, 3.8) is 0 Å². The minimum atomic E-state index is -0.240. The Morgan fingerprint density at radius 3 is 2.71 bits per heavy atom. The molecule has 2 fully saturated rings. The monoisotopic (exact) mass is 331 g/mol. The number of rotatable bonds is 6. The van der Waals surface area contributed by atoms with E-state index in [1.165, 1.54) is 12.0 Å². The van der Waals surface area contributed by atoms with Gasteiger partial charge in [-0.15, -0.1) is 0 Å². The van der Waals surface area contributed by atoms with E-state index >= 15 is 0 Å². The first-order chi connectivity index (χ1) is 11.8. The summed E-state index contributed by atoms with van der Waals surface area (Å²) in [7, 11) is 0. The lowest BCUT2D eigenvalue weighted by Crippen LogP contribution is -2.46. The van der Waals surface area contributed by atoms with Gasteiger partial charge in [0.05, 0.1) is 12.7 Å². The van der Waals surface area contributed by atoms with Crippen molar-refractivity contribution in [2.24, 2.45) is 5.92 Å². The molecule has 1 N–H and O–H groups in total. The topological polar surface area (TPSA) is 49.8 Å². The van der Waals surface area contributed by atoms with E-state index in [0.29, 0.717) is 6.61 Å². The Hall–Kier alpha value is -1.39. The lowest BCUT2D eigenvalue weighted by atomic mass is 9.80. The summed E-state index contributed by atoms with van der Waals surface area (Å²) in [6.45, 7) is 1.54. The van der Waals surface area contributed by atoms with E-state index in [4.69, 9.17) is 4.74 Å². The minimum absolute atomic E-state index is 0.0864. The quantitative estimate of drug-likeness (QED) is 0.816. The van der Waals surface area contributed by atoms with E-state index in [1.54, 1.807) is 0 Å². The van der Waals surface area contributed by atoms with E-state index in [9.17, 15) is 9.90 Å². The van der Waals surface area contributed by atoms with Gasteiger partial charge in [-0.1, -0.05) is 43.2 Å². The smallest absolute Gasteiger partial charge is 0.248 e. The van der Waals surface area contributed by atoms with Crippen molar-refractivity contribution >= 4 is 5.91 Å². The summed E-state index contributed by atoms with van der Waals surface area (Å²) in [6, 6.07) is 10.4. The van der Waals surface area contributed by atoms with Gasteiger partial charge < -0.3 is 14.7 Å². The minimum Gasteiger partial charge on any atom is -0.393 e. The number of hydrogen-bond acceptors (Lipinski definition) is 3. The maximum Gasteiger partial charge on any atom is 0.248 e. The molecule has 4 heteroatoms. The standard InChI is InChI=1S/C20H29NO3/c22-19-11-5-4-9-17(19)18-10-6-13-21(18)20(23)15-24-14-12-16-7-2-1-3-8-16/h1-3,7-8,17-19,22H,4-6,9-15H2/t17-,18+,19+/m0/s1. The van der Waals surface area contributed by atoms with Crippen molar-refractivity contribution in [1.82, 2.24) is 4.90 Å². The molecular formula is C20H29NO3. The Bertz CT molecular complexity index is 519. The molecule has 1 heterocycles. The lowest BCUT2D eigenvalue weighted by Gasteiger charge is -2.37. The second-order valence-corrected chi connectivity index (χ2v) is 7.10. The van der Waals surface area contributed by atoms with E-state index in [1.807, 2.05) is 23.1 Å². The third-order valence-corrected chi connectivity index (χ3v) is 5.50. The van der Waals surface area contributed by atoms with Crippen molar-refractivity contribution in [3.8, 4) is 0 Å². The highest BCUT2D eigenvalue weighted by Crippen LogP contribution is 2.34. The molecule has 132 valence electrons. The van der Waals surface area contributed by atoms with Gasteiger partial charge in [-0.25, -0.2) is 0 Å². The van der Waals surface area contributed by atoms with Crippen LogP contribution in [-0.2, 0) is 16.0 Å². The molecule has 1 aromatic carbocycles. The Balaban J connectivity index is 1.45. The van der Waals surface area contributed by atoms with Gasteiger partial charge in [0, 0.05) is 18.5 Å². The number of aliphatic hydroxyl groups is 1. The van der Waals surface area contributed by atoms with Crippen LogP contribution in [0.15, 0.2) is 30.3 Å². The Morgan fingerprint density at radius 1 is 1.12 bits per heavy atom. The van der Waals surface area contributed by atoms with Crippen molar-refractivity contribution in [2.75, 3.05) is 19.8 Å². The molecule has 4 nitrogen and oxygen atoms in total. The fourth-order valence-corrected chi connectivity index (χ4v) is 4.21. The molecule has 2 aliphatic rings. The molecule has 0 bridgehead atoms. The normalized spacial score (nSPS) is 27.4. The average Bonchev–Trinajstić information content (AvgIpc) is 3.09. The summed E-state index contributed by atoms with van der Waals surface area (Å²) in [5, 5.41) is 10.3. The summed E-state index contributed by atoms with van der Waals surface area (Å²) in [5.41, 5.74) is 1.23. The molecule has 1 amide bonds. The van der Waals surface area contributed by atoms with Gasteiger partial charge in [-0.05, 0) is 37.7 Å². The zero-order valence-electron chi connectivity index (χ0n) is 14.4. The summed E-state index contributed by atoms with van der Waals surface area (Å²) >= 11 is 0. The van der Waals surface area contributed by atoms with Crippen LogP contribution in [0.2, 0.25) is 0 Å². The average molecular weight is 331 g/mol. The maximum absolute atomic E-state index is 12.5. The predicted octanol–water partition coefficient (Wildman–Crippen LogP) is 2.79. The molecule has 0 unspecified atom stereocenters. The highest BCUT2D eigenvalue weighted by molar-refractivity contribution is 5.78. The molecule has 0 aromatic heterocycles. The van der Waals surface area contributed by atoms with Gasteiger partial charge in [-0.3, -0.25) is 4.79 Å². The third-order valence-electron chi connectivity index (χ3n) is 5.50. The molecule has 1 saturated carbocycles. The zero-order chi connectivity index (χ0) is 16.8. The maximum atomic E-state index is 12.5. The number of nitrogens with zero attached hydrogens (tertiary/aromatic N) is 1. The van der Waals surface area contributed by atoms with Crippen LogP contribution in [0, 0.1) is 5.92 Å². The van der Waals surface area contributed by atoms with Crippen LogP contribution in [0.5, 0.6) is 0 Å². The van der Waals surface area contributed by atoms with Gasteiger partial charge in [0.1, 0.15) is 6.61 Å². The van der Waals surface area contributed by atoms with Crippen molar-refractivity contribution < 1.29 is 14.6 Å². The second kappa shape index (κ2) is 8.63. The fourth-order valence-electron chi connectivity index (χ4n) is 4.21. The summed E-state index contributed by atoms with van der Waals surface area (Å²) in [4.78, 5) is 14.5. The van der Waals surface area contributed by atoms with Crippen LogP contribution in [0.1, 0.15) is 44.1 Å². The molecule has 1 aliphatic heterocycles. The van der Waals surface area contributed by atoms with Gasteiger partial charge in [0.15, 0.2) is 0 Å². The van der Waals surface area contributed by atoms with E-state index in [0.717, 1.165) is 45.1 Å². The summed E-state index contributed by atoms with van der Waals surface area (Å²) < 4.78 is 5.62. The van der Waals surface area contributed by atoms with Crippen LogP contribution < -0.4 is 0 Å². The first-order valence-corrected chi connectivity index (χ1v) is 9.35. The number of likely N-dealkylation sites (tertiary alicyclic amines) is 1. The molecule has 0 radical (unpaired) electrons. The SMILES string of the molecule is O=C(COCCc1ccccc1)N1CCC[C@@H]1[C@@H]1CCCC[C@H]1O. The number of amides is 1. The van der Waals surface area contributed by atoms with Crippen LogP contribution in [-0.4, -0.2) is 47.8 Å². The molecule has 1 saturated heterocycles. The third kappa shape index (κ3) is 4.37. The summed E-state index contributed by atoms with van der Waals surface area (Å²) in [5.74, 6) is 0.345. The van der Waals surface area contributed by atoms with Gasteiger partial charge in [0.2, 0.25) is 5.91 Å². The first-order valence-electron chi connectivity index (χ1n) is 9.35. The number of benzene rings is 1. The first kappa shape index (κ1) is 17.4. The number of ether oxygens (including phenoxy) is 1. The molecule has 1 aliphatic carbocycles. The van der Waals surface area contributed by atoms with E-state index < -0.39 is 0 Å². The Labute approximate surface area is 144 Å². The van der Waals surface area contributed by atoms with Crippen molar-refractivity contribution in [1.29, 1.82) is 0 Å². The van der Waals surface area contributed by atoms with E-state index in [-0.39, 0.29) is 30.6 Å². The zero-order valence-corrected chi connectivity index (χ0v) is 14.4. The molecule has 3 atom stereocenters. The Morgan fingerprint density at radius 2 is 1.92 bits per heavy atom. The van der Waals surface area contributed by atoms with Crippen LogP contribution >= 0.6 is 0 Å². The van der Waals surface area contributed by atoms with Crippen molar-refractivity contribution in [2.45, 2.75) is 57.1 Å². The summed E-state index contributed by atoms with van der Waals surface area (Å²) in [6.07, 6.45) is 6.88. The van der Waals surface area contributed by atoms with Gasteiger partial charge in [-0.2, -0.15) is 0 Å². The van der Waals surface area contributed by atoms with Gasteiger partial charge in [0.25, 0.3) is 0 Å². The molecule has 3 rings (SSSR count). The molecule has 0 spiro atoms. The lowest BCUT2D eigenvalue weighted by molar-refractivity contribution is -0.139. The Kier molecular flexibility index (Phi) is 6.27. The molecule has 1 aromatic rings. The number of carbonyl (C=O) groups is 1. The highest BCUT2D eigenvalue weighted by atomic mass is 16.5. The van der Waals surface area contributed by atoms with Crippen LogP contribution in [0.3, 0.4) is 0 Å². The second-order valence-electron chi connectivity index (χ2n) is 7.10. The van der Waals surface area contributed by atoms with E-state index in [2.05, 4.69) is 12.1 Å². The number of hydrogen-bond donors (Lipinski definition) is 1. The molecular weight excluding hydrogens is 302 g/mol. The van der Waals surface area contributed by atoms with Crippen LogP contribution in [0.4, 0.5) is 0 Å². The number of carbonyl (C=O) groups excluding carboxylic acids is 1. The predicted molar refractivity (Wildman–Crippen MR) is 93.7 cm³/mol. The van der Waals surface area contributed by atoms with Crippen LogP contribution in [0.25, 0.3) is 0 Å². The van der Waals surface area contributed by atoms with Crippen molar-refractivity contribution in [3.05, 3.63) is 35.9 Å². The highest BCUT2D eigenvalue weighted by Gasteiger charge is 2.38. The molecule has 24 heavy (non-hydrogen) atoms. The fraction of sp³-hybridized carbons (Fsp3) is 0.650. The van der Waals surface area contributed by atoms with Gasteiger partial charge >= 0.3 is 0 Å². The largest absolute Gasteiger partial charge is 0.393 e.